The van der Waals surface area contributed by atoms with Gasteiger partial charge in [-0.05, 0) is 51.3 Å². The number of aryl methyl sites for hydroxylation is 1. The smallest absolute Gasteiger partial charge is 0.251 e. The molecule has 1 fully saturated rings. The molecule has 1 aromatic rings. The van der Waals surface area contributed by atoms with Gasteiger partial charge in [-0.2, -0.15) is 4.31 Å². The topological polar surface area (TPSA) is 92.5 Å². The Labute approximate surface area is 156 Å². The number of nitrogens with zero attached hydrogens (tertiary/aromatic N) is 1. The Morgan fingerprint density at radius 2 is 1.84 bits per heavy atom. The summed E-state index contributed by atoms with van der Waals surface area (Å²) in [6, 6.07) is 4.79. The van der Waals surface area contributed by atoms with Gasteiger partial charge in [-0.3, -0.25) is 4.79 Å². The number of piperidine rings is 1. The molecule has 1 heterocycles. The van der Waals surface area contributed by atoms with Crippen molar-refractivity contribution in [3.8, 4) is 0 Å². The third-order valence-electron chi connectivity index (χ3n) is 4.09. The van der Waals surface area contributed by atoms with Crippen LogP contribution in [0.4, 0.5) is 0 Å². The maximum atomic E-state index is 12.9. The fourth-order valence-corrected chi connectivity index (χ4v) is 4.44. The molecule has 8 heteroatoms. The number of halogens is 1. The normalized spacial score (nSPS) is 16.2. The molecular formula is C17H28ClN3O3S. The van der Waals surface area contributed by atoms with Crippen LogP contribution in [-0.4, -0.2) is 43.8 Å². The summed E-state index contributed by atoms with van der Waals surface area (Å²) >= 11 is 0. The Balaban J connectivity index is 0.00000312. The first-order valence-electron chi connectivity index (χ1n) is 8.29. The summed E-state index contributed by atoms with van der Waals surface area (Å²) in [6.45, 7) is 6.78. The van der Waals surface area contributed by atoms with Crippen LogP contribution >= 0.6 is 12.4 Å². The van der Waals surface area contributed by atoms with Gasteiger partial charge in [0.15, 0.2) is 0 Å². The highest BCUT2D eigenvalue weighted by molar-refractivity contribution is 7.89. The zero-order valence-electron chi connectivity index (χ0n) is 15.0. The number of hydrogen-bond donors (Lipinski definition) is 2. The minimum atomic E-state index is -3.56. The lowest BCUT2D eigenvalue weighted by molar-refractivity contribution is 0.0946. The number of sulfonamides is 1. The van der Waals surface area contributed by atoms with E-state index in [4.69, 9.17) is 5.73 Å². The summed E-state index contributed by atoms with van der Waals surface area (Å²) < 4.78 is 27.3. The van der Waals surface area contributed by atoms with E-state index >= 15 is 0 Å². The number of carbonyl (C=O) groups excluding carboxylic acids is 1. The summed E-state index contributed by atoms with van der Waals surface area (Å²) in [7, 11) is -3.56. The highest BCUT2D eigenvalue weighted by Crippen LogP contribution is 2.24. The summed E-state index contributed by atoms with van der Waals surface area (Å²) in [6.07, 6.45) is 2.82. The highest BCUT2D eigenvalue weighted by Gasteiger charge is 2.28. The van der Waals surface area contributed by atoms with Gasteiger partial charge in [-0.15, -0.1) is 12.4 Å². The van der Waals surface area contributed by atoms with Crippen molar-refractivity contribution in [2.24, 2.45) is 5.73 Å². The lowest BCUT2D eigenvalue weighted by Crippen LogP contribution is -2.45. The number of carbonyl (C=O) groups is 1. The molecular weight excluding hydrogens is 362 g/mol. The summed E-state index contributed by atoms with van der Waals surface area (Å²) in [5.41, 5.74) is 6.32. The van der Waals surface area contributed by atoms with Gasteiger partial charge in [0, 0.05) is 30.7 Å². The van der Waals surface area contributed by atoms with Gasteiger partial charge < -0.3 is 11.1 Å². The van der Waals surface area contributed by atoms with Crippen LogP contribution in [-0.2, 0) is 10.0 Å². The van der Waals surface area contributed by atoms with Crippen molar-refractivity contribution in [3.63, 3.8) is 0 Å². The average molecular weight is 390 g/mol. The standard InChI is InChI=1S/C17H27N3O3S.ClH/c1-13-7-8-14(16(21)19-12-17(2,3)18)11-15(13)24(22,23)20-9-5-4-6-10-20;/h7-8,11H,4-6,9-10,12,18H2,1-3H3,(H,19,21);1H. The second kappa shape index (κ2) is 8.49. The van der Waals surface area contributed by atoms with Gasteiger partial charge in [0.25, 0.3) is 5.91 Å². The molecule has 1 amide bonds. The van der Waals surface area contributed by atoms with Gasteiger partial charge >= 0.3 is 0 Å². The van der Waals surface area contributed by atoms with Crippen molar-refractivity contribution in [2.45, 2.75) is 50.5 Å². The van der Waals surface area contributed by atoms with Crippen LogP contribution in [0.5, 0.6) is 0 Å². The number of rotatable bonds is 5. The molecule has 2 rings (SSSR count). The van der Waals surface area contributed by atoms with Crippen LogP contribution in [0, 0.1) is 6.92 Å². The second-order valence-electron chi connectivity index (χ2n) is 7.12. The fraction of sp³-hybridized carbons (Fsp3) is 0.588. The van der Waals surface area contributed by atoms with Crippen LogP contribution in [0.25, 0.3) is 0 Å². The van der Waals surface area contributed by atoms with E-state index in [1.54, 1.807) is 19.1 Å². The number of nitrogens with one attached hydrogen (secondary N) is 1. The Kier molecular flexibility index (Phi) is 7.43. The van der Waals surface area contributed by atoms with E-state index in [1.165, 1.54) is 10.4 Å². The average Bonchev–Trinajstić information content (AvgIpc) is 2.53. The van der Waals surface area contributed by atoms with Crippen LogP contribution in [0.1, 0.15) is 49.0 Å². The van der Waals surface area contributed by atoms with Crippen LogP contribution in [0.15, 0.2) is 23.1 Å². The molecule has 25 heavy (non-hydrogen) atoms. The first-order chi connectivity index (χ1) is 11.1. The maximum absolute atomic E-state index is 12.9. The molecule has 1 aromatic carbocycles. The maximum Gasteiger partial charge on any atom is 0.251 e. The van der Waals surface area contributed by atoms with Crippen molar-refractivity contribution in [1.29, 1.82) is 0 Å². The molecule has 0 aromatic heterocycles. The molecule has 3 N–H and O–H groups in total. The van der Waals surface area contributed by atoms with Gasteiger partial charge in [0.05, 0.1) is 4.90 Å². The van der Waals surface area contributed by atoms with E-state index in [9.17, 15) is 13.2 Å². The molecule has 1 saturated heterocycles. The zero-order chi connectivity index (χ0) is 18.0. The quantitative estimate of drug-likeness (QED) is 0.806. The highest BCUT2D eigenvalue weighted by atomic mass is 35.5. The second-order valence-corrected chi connectivity index (χ2v) is 9.02. The third-order valence-corrected chi connectivity index (χ3v) is 6.13. The summed E-state index contributed by atoms with van der Waals surface area (Å²) in [4.78, 5) is 12.5. The molecule has 6 nitrogen and oxygen atoms in total. The lowest BCUT2D eigenvalue weighted by Gasteiger charge is -2.26. The van der Waals surface area contributed by atoms with Crippen molar-refractivity contribution >= 4 is 28.3 Å². The molecule has 1 aliphatic heterocycles. The van der Waals surface area contributed by atoms with Crippen LogP contribution in [0.3, 0.4) is 0 Å². The zero-order valence-corrected chi connectivity index (χ0v) is 16.7. The first-order valence-corrected chi connectivity index (χ1v) is 9.73. The molecule has 0 saturated carbocycles. The number of hydrogen-bond acceptors (Lipinski definition) is 4. The first kappa shape index (κ1) is 21.9. The van der Waals surface area contributed by atoms with Gasteiger partial charge in [-0.25, -0.2) is 8.42 Å². The van der Waals surface area contributed by atoms with Gasteiger partial charge in [0.2, 0.25) is 10.0 Å². The minimum Gasteiger partial charge on any atom is -0.350 e. The van der Waals surface area contributed by atoms with Crippen LogP contribution in [0.2, 0.25) is 0 Å². The van der Waals surface area contributed by atoms with Gasteiger partial charge in [0.1, 0.15) is 0 Å². The Bertz CT molecular complexity index is 708. The predicted molar refractivity (Wildman–Crippen MR) is 102 cm³/mol. The Hall–Kier alpha value is -1.15. The molecule has 0 spiro atoms. The summed E-state index contributed by atoms with van der Waals surface area (Å²) in [5, 5.41) is 2.74. The van der Waals surface area contributed by atoms with E-state index in [1.807, 2.05) is 13.8 Å². The van der Waals surface area contributed by atoms with E-state index in [2.05, 4.69) is 5.32 Å². The van der Waals surface area contributed by atoms with Crippen molar-refractivity contribution in [3.05, 3.63) is 29.3 Å². The molecule has 0 bridgehead atoms. The molecule has 0 radical (unpaired) electrons. The van der Waals surface area contributed by atoms with E-state index in [0.717, 1.165) is 19.3 Å². The van der Waals surface area contributed by atoms with Gasteiger partial charge in [-0.1, -0.05) is 12.5 Å². The largest absolute Gasteiger partial charge is 0.350 e. The van der Waals surface area contributed by atoms with E-state index in [0.29, 0.717) is 30.8 Å². The number of nitrogens with two attached hydrogens (primary N) is 1. The number of amides is 1. The fourth-order valence-electron chi connectivity index (χ4n) is 2.67. The van der Waals surface area contributed by atoms with Crippen LogP contribution < -0.4 is 11.1 Å². The molecule has 1 aliphatic rings. The Morgan fingerprint density at radius 1 is 1.24 bits per heavy atom. The Morgan fingerprint density at radius 3 is 2.40 bits per heavy atom. The number of benzene rings is 1. The monoisotopic (exact) mass is 389 g/mol. The van der Waals surface area contributed by atoms with E-state index < -0.39 is 15.6 Å². The molecule has 142 valence electrons. The van der Waals surface area contributed by atoms with Crippen molar-refractivity contribution in [1.82, 2.24) is 9.62 Å². The predicted octanol–water partition coefficient (Wildman–Crippen LogP) is 2.06. The SMILES string of the molecule is Cc1ccc(C(=O)NCC(C)(C)N)cc1S(=O)(=O)N1CCCCC1.Cl. The van der Waals surface area contributed by atoms with Crippen molar-refractivity contribution < 1.29 is 13.2 Å². The minimum absolute atomic E-state index is 0. The molecule has 0 aliphatic carbocycles. The lowest BCUT2D eigenvalue weighted by atomic mass is 10.1. The third kappa shape index (κ3) is 5.67. The summed E-state index contributed by atoms with van der Waals surface area (Å²) in [5.74, 6) is -0.316. The molecule has 0 atom stereocenters. The molecule has 0 unspecified atom stereocenters. The van der Waals surface area contributed by atoms with E-state index in [-0.39, 0.29) is 23.2 Å². The van der Waals surface area contributed by atoms with Crippen molar-refractivity contribution in [2.75, 3.05) is 19.6 Å².